The van der Waals surface area contributed by atoms with Gasteiger partial charge in [-0.25, -0.2) is 9.97 Å². The van der Waals surface area contributed by atoms with Crippen LogP contribution in [0.25, 0.3) is 11.0 Å². The van der Waals surface area contributed by atoms with Crippen molar-refractivity contribution in [3.05, 3.63) is 64.3 Å². The summed E-state index contributed by atoms with van der Waals surface area (Å²) in [7, 11) is 0. The van der Waals surface area contributed by atoms with Crippen molar-refractivity contribution in [3.63, 3.8) is 0 Å². The van der Waals surface area contributed by atoms with E-state index in [4.69, 9.17) is 27.9 Å². The molecule has 1 aromatic heterocycles. The molecule has 0 aliphatic heterocycles. The average molecular weight is 373 g/mol. The number of halogens is 5. The number of ether oxygens (including phenoxy) is 1. The highest BCUT2D eigenvalue weighted by molar-refractivity contribution is 6.31. The van der Waals surface area contributed by atoms with Crippen molar-refractivity contribution in [2.24, 2.45) is 0 Å². The summed E-state index contributed by atoms with van der Waals surface area (Å²) in [5.41, 5.74) is 0.686. The summed E-state index contributed by atoms with van der Waals surface area (Å²) in [5, 5.41) is -0.0778. The fourth-order valence-corrected chi connectivity index (χ4v) is 2.52. The lowest BCUT2D eigenvalue weighted by molar-refractivity contribution is -0.198. The van der Waals surface area contributed by atoms with Gasteiger partial charge in [-0.2, -0.15) is 13.2 Å². The monoisotopic (exact) mass is 372 g/mol. The number of nitrogens with zero attached hydrogens (tertiary/aromatic N) is 2. The number of aromatic nitrogens is 2. The van der Waals surface area contributed by atoms with E-state index in [-0.39, 0.29) is 15.7 Å². The van der Waals surface area contributed by atoms with Gasteiger partial charge >= 0.3 is 6.18 Å². The largest absolute Gasteiger partial charge is 0.458 e. The van der Waals surface area contributed by atoms with Gasteiger partial charge < -0.3 is 4.74 Å². The number of fused-ring (bicyclic) bond motifs is 1. The third-order valence-electron chi connectivity index (χ3n) is 3.18. The zero-order valence-corrected chi connectivity index (χ0v) is 13.4. The highest BCUT2D eigenvalue weighted by Gasteiger charge is 2.44. The van der Waals surface area contributed by atoms with E-state index in [1.807, 2.05) is 0 Å². The summed E-state index contributed by atoms with van der Waals surface area (Å²) in [6.45, 7) is 0. The molecule has 8 heteroatoms. The van der Waals surface area contributed by atoms with Gasteiger partial charge in [0.2, 0.25) is 6.10 Å². The first-order valence-corrected chi connectivity index (χ1v) is 7.51. The first kappa shape index (κ1) is 16.8. The predicted molar refractivity (Wildman–Crippen MR) is 85.4 cm³/mol. The van der Waals surface area contributed by atoms with E-state index in [9.17, 15) is 13.2 Å². The van der Waals surface area contributed by atoms with Crippen molar-refractivity contribution in [2.75, 3.05) is 0 Å². The van der Waals surface area contributed by atoms with E-state index >= 15 is 0 Å². The molecule has 0 bridgehead atoms. The molecule has 0 fully saturated rings. The van der Waals surface area contributed by atoms with Crippen molar-refractivity contribution < 1.29 is 17.9 Å². The molecule has 0 saturated heterocycles. The van der Waals surface area contributed by atoms with Crippen molar-refractivity contribution >= 4 is 34.2 Å². The third kappa shape index (κ3) is 3.55. The van der Waals surface area contributed by atoms with Crippen LogP contribution in [-0.2, 0) is 0 Å². The Morgan fingerprint density at radius 3 is 2.21 bits per heavy atom. The quantitative estimate of drug-likeness (QED) is 0.598. The molecule has 124 valence electrons. The SMILES string of the molecule is FC(F)(F)C(Oc1nc2ccccc2nc1Cl)c1cccc(Cl)c1. The van der Waals surface area contributed by atoms with E-state index in [0.717, 1.165) is 0 Å². The Labute approximate surface area is 145 Å². The highest BCUT2D eigenvalue weighted by atomic mass is 35.5. The molecule has 3 rings (SSSR count). The molecule has 1 heterocycles. The lowest BCUT2D eigenvalue weighted by atomic mass is 10.1. The number of para-hydroxylation sites is 2. The van der Waals surface area contributed by atoms with Crippen molar-refractivity contribution in [1.29, 1.82) is 0 Å². The minimum atomic E-state index is -4.68. The fraction of sp³-hybridized carbons (Fsp3) is 0.125. The topological polar surface area (TPSA) is 35.0 Å². The zero-order valence-electron chi connectivity index (χ0n) is 11.9. The number of rotatable bonds is 3. The average Bonchev–Trinajstić information content (AvgIpc) is 2.51. The molecule has 0 N–H and O–H groups in total. The molecule has 3 aromatic rings. The van der Waals surface area contributed by atoms with Crippen LogP contribution in [0.15, 0.2) is 48.5 Å². The molecule has 1 atom stereocenters. The van der Waals surface area contributed by atoms with Gasteiger partial charge in [-0.15, -0.1) is 0 Å². The predicted octanol–water partition coefficient (Wildman–Crippen LogP) is 5.62. The van der Waals surface area contributed by atoms with Crippen molar-refractivity contribution in [1.82, 2.24) is 9.97 Å². The number of hydrogen-bond acceptors (Lipinski definition) is 3. The lowest BCUT2D eigenvalue weighted by Crippen LogP contribution is -2.26. The van der Waals surface area contributed by atoms with E-state index in [1.165, 1.54) is 24.3 Å². The van der Waals surface area contributed by atoms with Gasteiger partial charge in [0.1, 0.15) is 0 Å². The molecular weight excluding hydrogens is 364 g/mol. The standard InChI is InChI=1S/C16H9Cl2F3N2O/c17-10-5-3-4-9(8-10)13(16(19,20)21)24-15-14(18)22-11-6-1-2-7-12(11)23-15/h1-8,13H. The molecule has 0 radical (unpaired) electrons. The zero-order chi connectivity index (χ0) is 17.3. The Morgan fingerprint density at radius 2 is 1.58 bits per heavy atom. The molecule has 2 aromatic carbocycles. The molecule has 0 aliphatic rings. The first-order chi connectivity index (χ1) is 11.3. The lowest BCUT2D eigenvalue weighted by Gasteiger charge is -2.22. The Balaban J connectivity index is 2.03. The van der Waals surface area contributed by atoms with E-state index < -0.39 is 18.2 Å². The highest BCUT2D eigenvalue weighted by Crippen LogP contribution is 2.38. The molecule has 24 heavy (non-hydrogen) atoms. The summed E-state index contributed by atoms with van der Waals surface area (Å²) in [5.74, 6) is -0.391. The number of benzene rings is 2. The fourth-order valence-electron chi connectivity index (χ4n) is 2.14. The van der Waals surface area contributed by atoms with Crippen LogP contribution >= 0.6 is 23.2 Å². The molecular formula is C16H9Cl2F3N2O. The van der Waals surface area contributed by atoms with Crippen LogP contribution in [0, 0.1) is 0 Å². The molecule has 0 saturated carbocycles. The molecule has 0 aliphatic carbocycles. The van der Waals surface area contributed by atoms with Gasteiger partial charge in [0.05, 0.1) is 11.0 Å². The molecule has 1 unspecified atom stereocenters. The second-order valence-corrected chi connectivity index (χ2v) is 5.70. The van der Waals surface area contributed by atoms with Gasteiger partial charge in [-0.1, -0.05) is 47.5 Å². The Bertz CT molecular complexity index is 887. The Hall–Kier alpha value is -2.05. The van der Waals surface area contributed by atoms with Gasteiger partial charge in [0, 0.05) is 10.6 Å². The summed E-state index contributed by atoms with van der Waals surface area (Å²) < 4.78 is 45.3. The maximum absolute atomic E-state index is 13.4. The van der Waals surface area contributed by atoms with E-state index in [0.29, 0.717) is 11.0 Å². The maximum atomic E-state index is 13.4. The minimum Gasteiger partial charge on any atom is -0.458 e. The number of alkyl halides is 3. The van der Waals surface area contributed by atoms with Crippen LogP contribution in [0.3, 0.4) is 0 Å². The van der Waals surface area contributed by atoms with Crippen LogP contribution in [0.4, 0.5) is 13.2 Å². The molecule has 0 spiro atoms. The summed E-state index contributed by atoms with van der Waals surface area (Å²) in [4.78, 5) is 8.03. The molecule has 3 nitrogen and oxygen atoms in total. The first-order valence-electron chi connectivity index (χ1n) is 6.76. The number of hydrogen-bond donors (Lipinski definition) is 0. The smallest absolute Gasteiger partial charge is 0.429 e. The van der Waals surface area contributed by atoms with Gasteiger partial charge in [0.15, 0.2) is 5.15 Å². The second kappa shape index (κ2) is 6.45. The molecule has 0 amide bonds. The summed E-state index contributed by atoms with van der Waals surface area (Å²) >= 11 is 11.7. The van der Waals surface area contributed by atoms with E-state index in [2.05, 4.69) is 9.97 Å². The van der Waals surface area contributed by atoms with Crippen molar-refractivity contribution in [2.45, 2.75) is 12.3 Å². The summed E-state index contributed by atoms with van der Waals surface area (Å²) in [6.07, 6.45) is -6.94. The Kier molecular flexibility index (Phi) is 4.51. The maximum Gasteiger partial charge on any atom is 0.429 e. The third-order valence-corrected chi connectivity index (χ3v) is 3.66. The van der Waals surface area contributed by atoms with Crippen LogP contribution in [0.5, 0.6) is 5.88 Å². The van der Waals surface area contributed by atoms with Crippen LogP contribution in [-0.4, -0.2) is 16.1 Å². The summed E-state index contributed by atoms with van der Waals surface area (Å²) in [6, 6.07) is 12.0. The van der Waals surface area contributed by atoms with Crippen LogP contribution in [0.1, 0.15) is 11.7 Å². The minimum absolute atomic E-state index is 0.152. The van der Waals surface area contributed by atoms with Gasteiger partial charge in [-0.3, -0.25) is 0 Å². The second-order valence-electron chi connectivity index (χ2n) is 4.90. The van der Waals surface area contributed by atoms with Gasteiger partial charge in [0.25, 0.3) is 5.88 Å². The van der Waals surface area contributed by atoms with Crippen LogP contribution < -0.4 is 4.74 Å². The normalized spacial score (nSPS) is 13.0. The van der Waals surface area contributed by atoms with Crippen molar-refractivity contribution in [3.8, 4) is 5.88 Å². The van der Waals surface area contributed by atoms with E-state index in [1.54, 1.807) is 24.3 Å². The van der Waals surface area contributed by atoms with Crippen LogP contribution in [0.2, 0.25) is 10.2 Å². The van der Waals surface area contributed by atoms with Gasteiger partial charge in [-0.05, 0) is 24.3 Å². The Morgan fingerprint density at radius 1 is 0.917 bits per heavy atom.